The fraction of sp³-hybridized carbons (Fsp3) is 0.696. The molecule has 26 heavy (non-hydrogen) atoms. The molecule has 0 N–H and O–H groups in total. The van der Waals surface area contributed by atoms with Crippen molar-refractivity contribution in [2.75, 3.05) is 6.61 Å². The molecule has 3 heteroatoms. The summed E-state index contributed by atoms with van der Waals surface area (Å²) in [6.45, 7) is 4.99. The molecule has 0 amide bonds. The van der Waals surface area contributed by atoms with E-state index in [9.17, 15) is 4.79 Å². The fourth-order valence-corrected chi connectivity index (χ4v) is 7.23. The van der Waals surface area contributed by atoms with Crippen molar-refractivity contribution in [2.24, 2.45) is 17.3 Å². The second-order valence-corrected chi connectivity index (χ2v) is 9.31. The number of carbonyl (C=O) groups is 1. The maximum Gasteiger partial charge on any atom is 0.308 e. The smallest absolute Gasteiger partial charge is 0.308 e. The summed E-state index contributed by atoms with van der Waals surface area (Å²) in [6, 6.07) is 6.34. The van der Waals surface area contributed by atoms with Gasteiger partial charge in [-0.1, -0.05) is 13.0 Å². The van der Waals surface area contributed by atoms with Gasteiger partial charge in [0.05, 0.1) is 5.60 Å². The first-order chi connectivity index (χ1) is 12.5. The second-order valence-electron chi connectivity index (χ2n) is 9.31. The van der Waals surface area contributed by atoms with Crippen LogP contribution in [0.4, 0.5) is 0 Å². The molecule has 1 heterocycles. The molecular formula is C23H30O3. The van der Waals surface area contributed by atoms with Gasteiger partial charge in [-0.2, -0.15) is 0 Å². The SMILES string of the molecule is CC(=O)Oc1ccc2c(c1)CCC1C2CCC2(C)C1CCC21CCCO1. The summed E-state index contributed by atoms with van der Waals surface area (Å²) in [6.07, 6.45) is 10.1. The van der Waals surface area contributed by atoms with Crippen LogP contribution in [-0.4, -0.2) is 18.2 Å². The molecule has 3 fully saturated rings. The number of hydrogen-bond acceptors (Lipinski definition) is 3. The van der Waals surface area contributed by atoms with E-state index in [1.54, 1.807) is 0 Å². The van der Waals surface area contributed by atoms with Crippen LogP contribution in [0.3, 0.4) is 0 Å². The summed E-state index contributed by atoms with van der Waals surface area (Å²) < 4.78 is 11.7. The van der Waals surface area contributed by atoms with Crippen LogP contribution in [0, 0.1) is 17.3 Å². The Morgan fingerprint density at radius 3 is 2.85 bits per heavy atom. The molecule has 3 aliphatic carbocycles. The summed E-state index contributed by atoms with van der Waals surface area (Å²) in [5.74, 6) is 2.75. The highest BCUT2D eigenvalue weighted by atomic mass is 16.5. The average Bonchev–Trinajstić information content (AvgIpc) is 3.21. The van der Waals surface area contributed by atoms with Crippen molar-refractivity contribution in [3.8, 4) is 5.75 Å². The van der Waals surface area contributed by atoms with Crippen LogP contribution < -0.4 is 4.74 Å². The van der Waals surface area contributed by atoms with Gasteiger partial charge in [-0.3, -0.25) is 4.79 Å². The predicted molar refractivity (Wildman–Crippen MR) is 100 cm³/mol. The maximum atomic E-state index is 11.3. The summed E-state index contributed by atoms with van der Waals surface area (Å²) in [4.78, 5) is 11.3. The van der Waals surface area contributed by atoms with E-state index < -0.39 is 0 Å². The van der Waals surface area contributed by atoms with Crippen LogP contribution >= 0.6 is 0 Å². The van der Waals surface area contributed by atoms with Crippen LogP contribution in [0.1, 0.15) is 75.8 Å². The van der Waals surface area contributed by atoms with Crippen LogP contribution in [-0.2, 0) is 16.0 Å². The van der Waals surface area contributed by atoms with Gasteiger partial charge in [0, 0.05) is 13.5 Å². The molecule has 3 nitrogen and oxygen atoms in total. The van der Waals surface area contributed by atoms with E-state index in [4.69, 9.17) is 9.47 Å². The Balaban J connectivity index is 1.44. The van der Waals surface area contributed by atoms with Gasteiger partial charge >= 0.3 is 5.97 Å². The lowest BCUT2D eigenvalue weighted by Crippen LogP contribution is -2.50. The Morgan fingerprint density at radius 1 is 1.19 bits per heavy atom. The van der Waals surface area contributed by atoms with Crippen molar-refractivity contribution in [1.82, 2.24) is 0 Å². The standard InChI is InChI=1S/C23H30O3/c1-15(24)26-17-5-7-18-16(14-17)4-6-20-19(18)8-11-22(2)21(20)9-12-23(22)10-3-13-25-23/h5,7,14,19-21H,3-4,6,8-13H2,1-2H3. The van der Waals surface area contributed by atoms with Crippen LogP contribution in [0.5, 0.6) is 5.75 Å². The number of benzene rings is 1. The summed E-state index contributed by atoms with van der Waals surface area (Å²) in [7, 11) is 0. The first-order valence-corrected chi connectivity index (χ1v) is 10.5. The molecule has 1 aromatic rings. The predicted octanol–water partition coefficient (Wildman–Crippen LogP) is 5.02. The van der Waals surface area contributed by atoms with E-state index >= 15 is 0 Å². The molecule has 4 aliphatic rings. The number of ether oxygens (including phenoxy) is 2. The lowest BCUT2D eigenvalue weighted by Gasteiger charge is -2.53. The number of aryl methyl sites for hydroxylation is 1. The third kappa shape index (κ3) is 2.25. The number of carbonyl (C=O) groups excluding carboxylic acids is 1. The Bertz CT molecular complexity index is 733. The highest BCUT2D eigenvalue weighted by Gasteiger charge is 2.63. The molecular weight excluding hydrogens is 324 g/mol. The molecule has 140 valence electrons. The number of hydrogen-bond donors (Lipinski definition) is 0. The maximum absolute atomic E-state index is 11.3. The molecule has 2 saturated carbocycles. The zero-order valence-electron chi connectivity index (χ0n) is 16.1. The number of fused-ring (bicyclic) bond motifs is 6. The van der Waals surface area contributed by atoms with Crippen molar-refractivity contribution in [3.05, 3.63) is 29.3 Å². The van der Waals surface area contributed by atoms with E-state index in [2.05, 4.69) is 19.1 Å². The molecule has 5 rings (SSSR count). The zero-order valence-corrected chi connectivity index (χ0v) is 16.1. The van der Waals surface area contributed by atoms with Gasteiger partial charge in [-0.05, 0) is 97.8 Å². The van der Waals surface area contributed by atoms with Gasteiger partial charge in [-0.25, -0.2) is 0 Å². The summed E-state index contributed by atoms with van der Waals surface area (Å²) >= 11 is 0. The van der Waals surface area contributed by atoms with Crippen molar-refractivity contribution in [2.45, 2.75) is 76.7 Å². The van der Waals surface area contributed by atoms with Crippen LogP contribution in [0.15, 0.2) is 18.2 Å². The molecule has 5 unspecified atom stereocenters. The zero-order chi connectivity index (χ0) is 17.9. The topological polar surface area (TPSA) is 35.5 Å². The largest absolute Gasteiger partial charge is 0.427 e. The van der Waals surface area contributed by atoms with Gasteiger partial charge in [0.15, 0.2) is 0 Å². The molecule has 0 bridgehead atoms. The quantitative estimate of drug-likeness (QED) is 0.525. The molecule has 1 aliphatic heterocycles. The Kier molecular flexibility index (Phi) is 3.76. The highest BCUT2D eigenvalue weighted by Crippen LogP contribution is 2.67. The van der Waals surface area contributed by atoms with Crippen molar-refractivity contribution < 1.29 is 14.3 Å². The Labute approximate surface area is 156 Å². The lowest BCUT2D eigenvalue weighted by atomic mass is 9.53. The third-order valence-electron chi connectivity index (χ3n) is 8.35. The van der Waals surface area contributed by atoms with Crippen LogP contribution in [0.25, 0.3) is 0 Å². The molecule has 0 aromatic heterocycles. The van der Waals surface area contributed by atoms with Crippen molar-refractivity contribution in [3.63, 3.8) is 0 Å². The minimum atomic E-state index is -0.236. The van der Waals surface area contributed by atoms with Gasteiger partial charge in [-0.15, -0.1) is 0 Å². The Morgan fingerprint density at radius 2 is 2.08 bits per heavy atom. The van der Waals surface area contributed by atoms with Crippen molar-refractivity contribution in [1.29, 1.82) is 0 Å². The minimum Gasteiger partial charge on any atom is -0.427 e. The van der Waals surface area contributed by atoms with Gasteiger partial charge in [0.2, 0.25) is 0 Å². The lowest BCUT2D eigenvalue weighted by molar-refractivity contribution is -0.131. The van der Waals surface area contributed by atoms with Crippen LogP contribution in [0.2, 0.25) is 0 Å². The molecule has 1 saturated heterocycles. The van der Waals surface area contributed by atoms with Gasteiger partial charge in [0.25, 0.3) is 0 Å². The fourth-order valence-electron chi connectivity index (χ4n) is 7.23. The summed E-state index contributed by atoms with van der Waals surface area (Å²) in [5.41, 5.74) is 3.48. The van der Waals surface area contributed by atoms with Crippen molar-refractivity contribution >= 4 is 5.97 Å². The molecule has 1 spiro atoms. The number of esters is 1. The summed E-state index contributed by atoms with van der Waals surface area (Å²) in [5, 5.41) is 0. The normalized spacial score (nSPS) is 40.8. The first-order valence-electron chi connectivity index (χ1n) is 10.5. The molecule has 0 radical (unpaired) electrons. The highest BCUT2D eigenvalue weighted by molar-refractivity contribution is 5.69. The monoisotopic (exact) mass is 354 g/mol. The van der Waals surface area contributed by atoms with E-state index in [-0.39, 0.29) is 11.6 Å². The van der Waals surface area contributed by atoms with E-state index in [0.29, 0.717) is 17.1 Å². The molecule has 1 aromatic carbocycles. The van der Waals surface area contributed by atoms with Gasteiger partial charge in [0.1, 0.15) is 5.75 Å². The average molecular weight is 354 g/mol. The number of rotatable bonds is 1. The molecule has 5 atom stereocenters. The Hall–Kier alpha value is -1.35. The van der Waals surface area contributed by atoms with E-state index in [0.717, 1.165) is 24.9 Å². The first kappa shape index (κ1) is 16.8. The second kappa shape index (κ2) is 5.82. The van der Waals surface area contributed by atoms with E-state index in [1.165, 1.54) is 63.0 Å². The van der Waals surface area contributed by atoms with Gasteiger partial charge < -0.3 is 9.47 Å². The van der Waals surface area contributed by atoms with E-state index in [1.807, 2.05) is 6.07 Å². The minimum absolute atomic E-state index is 0.183. The third-order valence-corrected chi connectivity index (χ3v) is 8.35.